The quantitative estimate of drug-likeness (QED) is 0.935. The molecule has 0 saturated carbocycles. The van der Waals surface area contributed by atoms with Gasteiger partial charge in [-0.05, 0) is 23.8 Å². The van der Waals surface area contributed by atoms with Crippen LogP contribution in [-0.2, 0) is 6.61 Å². The van der Waals surface area contributed by atoms with Gasteiger partial charge in [-0.25, -0.2) is 14.4 Å². The maximum absolute atomic E-state index is 13.7. The number of para-hydroxylation sites is 1. The average Bonchev–Trinajstić information content (AvgIpc) is 3.08. The Kier molecular flexibility index (Phi) is 4.08. The van der Waals surface area contributed by atoms with E-state index in [9.17, 15) is 4.39 Å². The predicted molar refractivity (Wildman–Crippen MR) is 78.3 cm³/mol. The number of nitriles is 1. The van der Waals surface area contributed by atoms with E-state index in [1.54, 1.807) is 6.20 Å². The van der Waals surface area contributed by atoms with E-state index in [2.05, 4.69) is 21.4 Å². The van der Waals surface area contributed by atoms with E-state index < -0.39 is 5.82 Å². The Hall–Kier alpha value is -2.78. The molecule has 1 aliphatic rings. The second-order valence-corrected chi connectivity index (χ2v) is 4.74. The van der Waals surface area contributed by atoms with Crippen LogP contribution >= 0.6 is 0 Å². The van der Waals surface area contributed by atoms with Crippen LogP contribution in [0.15, 0.2) is 36.5 Å². The lowest BCUT2D eigenvalue weighted by atomic mass is 10.2. The van der Waals surface area contributed by atoms with E-state index >= 15 is 0 Å². The van der Waals surface area contributed by atoms with Gasteiger partial charge in [0, 0.05) is 19.3 Å². The van der Waals surface area contributed by atoms with Gasteiger partial charge < -0.3 is 10.1 Å². The van der Waals surface area contributed by atoms with Crippen molar-refractivity contribution in [3.05, 3.63) is 59.4 Å². The van der Waals surface area contributed by atoms with Crippen LogP contribution in [-0.4, -0.2) is 23.1 Å². The average molecular weight is 296 g/mol. The lowest BCUT2D eigenvalue weighted by molar-refractivity contribution is 0.280. The Labute approximate surface area is 127 Å². The Balaban J connectivity index is 1.78. The van der Waals surface area contributed by atoms with Crippen molar-refractivity contribution in [3.8, 4) is 11.8 Å². The van der Waals surface area contributed by atoms with E-state index in [4.69, 9.17) is 10.00 Å². The minimum atomic E-state index is -0.571. The van der Waals surface area contributed by atoms with Crippen LogP contribution < -0.4 is 10.1 Å². The normalized spacial score (nSPS) is 13.5. The molecule has 22 heavy (non-hydrogen) atoms. The first kappa shape index (κ1) is 14.2. The molecule has 3 rings (SSSR count). The molecule has 2 aromatic rings. The maximum atomic E-state index is 13.7. The summed E-state index contributed by atoms with van der Waals surface area (Å²) in [5.41, 5.74) is 2.08. The van der Waals surface area contributed by atoms with Gasteiger partial charge in [-0.3, -0.25) is 0 Å². The van der Waals surface area contributed by atoms with Crippen LogP contribution in [0.5, 0.6) is 5.75 Å². The highest BCUT2D eigenvalue weighted by Gasteiger charge is 2.12. The van der Waals surface area contributed by atoms with Crippen molar-refractivity contribution in [1.82, 2.24) is 15.3 Å². The summed E-state index contributed by atoms with van der Waals surface area (Å²) < 4.78 is 19.1. The molecule has 1 N–H and O–H groups in total. The molecule has 0 radical (unpaired) electrons. The summed E-state index contributed by atoms with van der Waals surface area (Å²) in [7, 11) is 0. The van der Waals surface area contributed by atoms with Crippen molar-refractivity contribution in [2.24, 2.45) is 0 Å². The lowest BCUT2D eigenvalue weighted by Gasteiger charge is -2.09. The maximum Gasteiger partial charge on any atom is 0.173 e. The molecule has 5 nitrogen and oxygen atoms in total. The number of halogens is 1. The highest BCUT2D eigenvalue weighted by molar-refractivity contribution is 5.65. The van der Waals surface area contributed by atoms with Gasteiger partial charge in [0.1, 0.15) is 12.7 Å². The Bertz CT molecular complexity index is 767. The predicted octanol–water partition coefficient (Wildman–Crippen LogP) is 2.05. The topological polar surface area (TPSA) is 70.8 Å². The largest absolute Gasteiger partial charge is 0.481 e. The summed E-state index contributed by atoms with van der Waals surface area (Å²) in [5, 5.41) is 12.2. The fourth-order valence-corrected chi connectivity index (χ4v) is 2.20. The summed E-state index contributed by atoms with van der Waals surface area (Å²) in [6.45, 7) is 1.60. The standard InChI is InChI=1S/C16H13FN4O/c17-13-3-1-2-11(8-18)16(13)22-10-15-20-7-5-14(21-15)12-4-6-19-9-12/h1-5,7,19H,6,9-10H2. The van der Waals surface area contributed by atoms with Gasteiger partial charge in [-0.15, -0.1) is 0 Å². The van der Waals surface area contributed by atoms with Gasteiger partial charge in [0.05, 0.1) is 11.3 Å². The monoisotopic (exact) mass is 296 g/mol. The van der Waals surface area contributed by atoms with Gasteiger partial charge in [-0.2, -0.15) is 5.26 Å². The molecular formula is C16H13FN4O. The number of hydrogen-bond acceptors (Lipinski definition) is 5. The first-order valence-corrected chi connectivity index (χ1v) is 6.81. The van der Waals surface area contributed by atoms with Gasteiger partial charge in [0.2, 0.25) is 0 Å². The molecule has 0 bridgehead atoms. The van der Waals surface area contributed by atoms with Crippen molar-refractivity contribution >= 4 is 5.57 Å². The molecule has 0 unspecified atom stereocenters. The number of benzene rings is 1. The molecule has 1 aliphatic heterocycles. The Morgan fingerprint density at radius 2 is 2.27 bits per heavy atom. The minimum Gasteiger partial charge on any atom is -0.481 e. The van der Waals surface area contributed by atoms with Crippen molar-refractivity contribution in [1.29, 1.82) is 5.26 Å². The zero-order chi connectivity index (χ0) is 15.4. The first-order chi connectivity index (χ1) is 10.8. The summed E-state index contributed by atoms with van der Waals surface area (Å²) in [6.07, 6.45) is 3.71. The first-order valence-electron chi connectivity index (χ1n) is 6.81. The van der Waals surface area contributed by atoms with Gasteiger partial charge in [-0.1, -0.05) is 12.1 Å². The number of aromatic nitrogens is 2. The Morgan fingerprint density at radius 1 is 1.36 bits per heavy atom. The summed E-state index contributed by atoms with van der Waals surface area (Å²) >= 11 is 0. The molecule has 2 heterocycles. The molecule has 0 spiro atoms. The fraction of sp³-hybridized carbons (Fsp3) is 0.188. The van der Waals surface area contributed by atoms with Crippen molar-refractivity contribution in [3.63, 3.8) is 0 Å². The van der Waals surface area contributed by atoms with E-state index in [1.807, 2.05) is 12.1 Å². The molecular weight excluding hydrogens is 283 g/mol. The third-order valence-corrected chi connectivity index (χ3v) is 3.28. The van der Waals surface area contributed by atoms with Gasteiger partial charge in [0.25, 0.3) is 0 Å². The molecule has 0 atom stereocenters. The van der Waals surface area contributed by atoms with Crippen LogP contribution in [0.25, 0.3) is 5.57 Å². The zero-order valence-electron chi connectivity index (χ0n) is 11.7. The lowest BCUT2D eigenvalue weighted by Crippen LogP contribution is -2.09. The van der Waals surface area contributed by atoms with Crippen molar-refractivity contribution < 1.29 is 9.13 Å². The molecule has 0 saturated heterocycles. The Morgan fingerprint density at radius 3 is 3.05 bits per heavy atom. The number of nitrogens with one attached hydrogen (secondary N) is 1. The molecule has 0 fully saturated rings. The molecule has 110 valence electrons. The van der Waals surface area contributed by atoms with Crippen molar-refractivity contribution in [2.75, 3.05) is 13.1 Å². The van der Waals surface area contributed by atoms with Crippen LogP contribution in [0.2, 0.25) is 0 Å². The summed E-state index contributed by atoms with van der Waals surface area (Å²) in [4.78, 5) is 8.53. The van der Waals surface area contributed by atoms with Gasteiger partial charge in [0.15, 0.2) is 17.4 Å². The highest BCUT2D eigenvalue weighted by atomic mass is 19.1. The SMILES string of the molecule is N#Cc1cccc(F)c1OCc1nccc(C2=CCNC2)n1. The summed E-state index contributed by atoms with van der Waals surface area (Å²) in [6, 6.07) is 7.96. The van der Waals surface area contributed by atoms with Crippen LogP contribution in [0.3, 0.4) is 0 Å². The molecule has 1 aromatic heterocycles. The number of nitrogens with zero attached hydrogens (tertiary/aromatic N) is 3. The number of hydrogen-bond donors (Lipinski definition) is 1. The summed E-state index contributed by atoms with van der Waals surface area (Å²) in [5.74, 6) is -0.198. The molecule has 0 amide bonds. The number of rotatable bonds is 4. The van der Waals surface area contributed by atoms with E-state index in [-0.39, 0.29) is 17.9 Å². The molecule has 1 aromatic carbocycles. The highest BCUT2D eigenvalue weighted by Crippen LogP contribution is 2.22. The van der Waals surface area contributed by atoms with E-state index in [0.717, 1.165) is 24.4 Å². The van der Waals surface area contributed by atoms with Gasteiger partial charge >= 0.3 is 0 Å². The second-order valence-electron chi connectivity index (χ2n) is 4.74. The third-order valence-electron chi connectivity index (χ3n) is 3.28. The smallest absolute Gasteiger partial charge is 0.173 e. The third kappa shape index (κ3) is 2.95. The fourth-order valence-electron chi connectivity index (χ4n) is 2.20. The minimum absolute atomic E-state index is 0.00413. The number of ether oxygens (including phenoxy) is 1. The van der Waals surface area contributed by atoms with Crippen LogP contribution in [0.1, 0.15) is 17.1 Å². The van der Waals surface area contributed by atoms with E-state index in [1.165, 1.54) is 18.2 Å². The van der Waals surface area contributed by atoms with Crippen molar-refractivity contribution in [2.45, 2.75) is 6.61 Å². The molecule has 6 heteroatoms. The van der Waals surface area contributed by atoms with E-state index in [0.29, 0.717) is 5.82 Å². The molecule has 0 aliphatic carbocycles. The van der Waals surface area contributed by atoms with Crippen LogP contribution in [0, 0.1) is 17.1 Å². The zero-order valence-corrected chi connectivity index (χ0v) is 11.7. The van der Waals surface area contributed by atoms with Crippen LogP contribution in [0.4, 0.5) is 4.39 Å². The second kappa shape index (κ2) is 6.33.